The Balaban J connectivity index is 1.68. The van der Waals surface area contributed by atoms with Gasteiger partial charge in [-0.25, -0.2) is 9.59 Å². The highest BCUT2D eigenvalue weighted by atomic mass is 16.6. The van der Waals surface area contributed by atoms with Gasteiger partial charge in [0.2, 0.25) is 0 Å². The number of hydrogen-bond donors (Lipinski definition) is 2. The molecule has 0 aromatic heterocycles. The Morgan fingerprint density at radius 1 is 0.955 bits per heavy atom. The van der Waals surface area contributed by atoms with Gasteiger partial charge in [-0.05, 0) is 46.5 Å². The van der Waals surface area contributed by atoms with Crippen LogP contribution in [0.5, 0.6) is 0 Å². The number of urea groups is 1. The van der Waals surface area contributed by atoms with Crippen molar-refractivity contribution >= 4 is 12.1 Å². The molecule has 0 atom stereocenters. The first-order chi connectivity index (χ1) is 10.3. The molecule has 2 fully saturated rings. The van der Waals surface area contributed by atoms with E-state index >= 15 is 0 Å². The average molecular weight is 311 g/mol. The molecule has 0 unspecified atom stereocenters. The molecule has 126 valence electrons. The van der Waals surface area contributed by atoms with Crippen molar-refractivity contribution in [3.05, 3.63) is 0 Å². The number of ether oxygens (including phenoxy) is 1. The Morgan fingerprint density at radius 2 is 1.50 bits per heavy atom. The van der Waals surface area contributed by atoms with Crippen LogP contribution in [0.1, 0.15) is 59.3 Å². The van der Waals surface area contributed by atoms with Crippen LogP contribution in [0.4, 0.5) is 9.59 Å². The third-order valence-electron chi connectivity index (χ3n) is 4.19. The van der Waals surface area contributed by atoms with Crippen molar-refractivity contribution in [3.63, 3.8) is 0 Å². The Morgan fingerprint density at radius 3 is 2.05 bits per heavy atom. The molecule has 1 saturated heterocycles. The predicted octanol–water partition coefficient (Wildman–Crippen LogP) is 2.63. The molecule has 2 N–H and O–H groups in total. The number of hydrogen-bond acceptors (Lipinski definition) is 3. The summed E-state index contributed by atoms with van der Waals surface area (Å²) in [6, 6.07) is 0.484. The number of amides is 3. The Bertz CT molecular complexity index is 392. The van der Waals surface area contributed by atoms with Gasteiger partial charge < -0.3 is 20.3 Å². The largest absolute Gasteiger partial charge is 0.444 e. The lowest BCUT2D eigenvalue weighted by Gasteiger charge is -2.33. The third kappa shape index (κ3) is 5.39. The first-order valence-electron chi connectivity index (χ1n) is 8.38. The number of likely N-dealkylation sites (tertiary alicyclic amines) is 1. The van der Waals surface area contributed by atoms with Crippen molar-refractivity contribution in [2.24, 2.45) is 0 Å². The number of carbonyl (C=O) groups is 2. The summed E-state index contributed by atoms with van der Waals surface area (Å²) in [6.07, 6.45) is 5.81. The number of nitrogens with zero attached hydrogens (tertiary/aromatic N) is 1. The van der Waals surface area contributed by atoms with Gasteiger partial charge in [0.15, 0.2) is 0 Å². The van der Waals surface area contributed by atoms with E-state index in [1.165, 1.54) is 12.8 Å². The molecule has 2 rings (SSSR count). The average Bonchev–Trinajstić information content (AvgIpc) is 2.90. The zero-order chi connectivity index (χ0) is 16.2. The van der Waals surface area contributed by atoms with Gasteiger partial charge in [0.05, 0.1) is 0 Å². The molecule has 0 spiro atoms. The molecular formula is C16H29N3O3. The maximum atomic E-state index is 12.2. The first kappa shape index (κ1) is 16.9. The van der Waals surface area contributed by atoms with E-state index in [1.807, 2.05) is 25.7 Å². The first-order valence-corrected chi connectivity index (χ1v) is 8.38. The molecule has 1 saturated carbocycles. The number of piperidine rings is 1. The van der Waals surface area contributed by atoms with Crippen LogP contribution >= 0.6 is 0 Å². The summed E-state index contributed by atoms with van der Waals surface area (Å²) in [4.78, 5) is 25.8. The lowest BCUT2D eigenvalue weighted by Crippen LogP contribution is -2.51. The van der Waals surface area contributed by atoms with Crippen molar-refractivity contribution in [3.8, 4) is 0 Å². The number of alkyl carbamates (subject to hydrolysis) is 1. The Kier molecular flexibility index (Phi) is 5.53. The number of rotatable bonds is 2. The van der Waals surface area contributed by atoms with E-state index in [0.29, 0.717) is 19.1 Å². The van der Waals surface area contributed by atoms with Gasteiger partial charge >= 0.3 is 12.1 Å². The lowest BCUT2D eigenvalue weighted by molar-refractivity contribution is 0.0485. The molecule has 1 aliphatic heterocycles. The van der Waals surface area contributed by atoms with E-state index in [-0.39, 0.29) is 18.2 Å². The van der Waals surface area contributed by atoms with Crippen molar-refractivity contribution < 1.29 is 14.3 Å². The minimum Gasteiger partial charge on any atom is -0.444 e. The second-order valence-electron chi connectivity index (χ2n) is 7.34. The Labute approximate surface area is 132 Å². The molecule has 2 aliphatic rings. The fraction of sp³-hybridized carbons (Fsp3) is 0.875. The molecule has 6 heteroatoms. The molecule has 3 amide bonds. The minimum absolute atomic E-state index is 0.0441. The second-order valence-corrected chi connectivity index (χ2v) is 7.34. The van der Waals surface area contributed by atoms with E-state index in [0.717, 1.165) is 25.7 Å². The lowest BCUT2D eigenvalue weighted by atomic mass is 10.1. The van der Waals surface area contributed by atoms with Crippen LogP contribution in [0, 0.1) is 0 Å². The molecular weight excluding hydrogens is 282 g/mol. The van der Waals surface area contributed by atoms with Gasteiger partial charge in [-0.15, -0.1) is 0 Å². The summed E-state index contributed by atoms with van der Waals surface area (Å²) in [5, 5.41) is 6.00. The number of carbonyl (C=O) groups excluding carboxylic acids is 2. The van der Waals surface area contributed by atoms with Crippen LogP contribution in [-0.2, 0) is 4.74 Å². The SMILES string of the molecule is CC(C)(C)OC(=O)NC1CCN(C(=O)NC2CCCC2)CC1. The molecule has 0 aromatic carbocycles. The van der Waals surface area contributed by atoms with E-state index in [9.17, 15) is 9.59 Å². The van der Waals surface area contributed by atoms with Crippen LogP contribution < -0.4 is 10.6 Å². The smallest absolute Gasteiger partial charge is 0.407 e. The summed E-state index contributed by atoms with van der Waals surface area (Å²) in [5.74, 6) is 0. The minimum atomic E-state index is -0.480. The van der Waals surface area contributed by atoms with Crippen molar-refractivity contribution in [2.45, 2.75) is 77.0 Å². The fourth-order valence-electron chi connectivity index (χ4n) is 3.04. The van der Waals surface area contributed by atoms with Crippen LogP contribution in [0.2, 0.25) is 0 Å². The predicted molar refractivity (Wildman–Crippen MR) is 84.8 cm³/mol. The molecule has 0 aromatic rings. The topological polar surface area (TPSA) is 70.7 Å². The van der Waals surface area contributed by atoms with Crippen molar-refractivity contribution in [2.75, 3.05) is 13.1 Å². The molecule has 6 nitrogen and oxygen atoms in total. The fourth-order valence-corrected chi connectivity index (χ4v) is 3.04. The summed E-state index contributed by atoms with van der Waals surface area (Å²) >= 11 is 0. The molecule has 22 heavy (non-hydrogen) atoms. The summed E-state index contributed by atoms with van der Waals surface area (Å²) in [7, 11) is 0. The summed E-state index contributed by atoms with van der Waals surface area (Å²) < 4.78 is 5.26. The highest BCUT2D eigenvalue weighted by Crippen LogP contribution is 2.19. The standard InChI is InChI=1S/C16H29N3O3/c1-16(2,3)22-15(21)18-13-8-10-19(11-9-13)14(20)17-12-6-4-5-7-12/h12-13H,4-11H2,1-3H3,(H,17,20)(H,18,21). The van der Waals surface area contributed by atoms with E-state index in [1.54, 1.807) is 0 Å². The van der Waals surface area contributed by atoms with Crippen LogP contribution in [0.25, 0.3) is 0 Å². The van der Waals surface area contributed by atoms with Crippen molar-refractivity contribution in [1.29, 1.82) is 0 Å². The van der Waals surface area contributed by atoms with Crippen LogP contribution in [-0.4, -0.2) is 47.8 Å². The van der Waals surface area contributed by atoms with Gasteiger partial charge in [0.25, 0.3) is 0 Å². The summed E-state index contributed by atoms with van der Waals surface area (Å²) in [5.41, 5.74) is -0.480. The van der Waals surface area contributed by atoms with Crippen LogP contribution in [0.15, 0.2) is 0 Å². The number of nitrogens with one attached hydrogen (secondary N) is 2. The maximum absolute atomic E-state index is 12.2. The van der Waals surface area contributed by atoms with E-state index in [4.69, 9.17) is 4.74 Å². The zero-order valence-electron chi connectivity index (χ0n) is 14.0. The highest BCUT2D eigenvalue weighted by Gasteiger charge is 2.27. The third-order valence-corrected chi connectivity index (χ3v) is 4.19. The molecule has 1 heterocycles. The zero-order valence-corrected chi connectivity index (χ0v) is 14.0. The van der Waals surface area contributed by atoms with Gasteiger partial charge in [-0.2, -0.15) is 0 Å². The van der Waals surface area contributed by atoms with Gasteiger partial charge in [-0.1, -0.05) is 12.8 Å². The van der Waals surface area contributed by atoms with Crippen LogP contribution in [0.3, 0.4) is 0 Å². The highest BCUT2D eigenvalue weighted by molar-refractivity contribution is 5.74. The van der Waals surface area contributed by atoms with E-state index in [2.05, 4.69) is 10.6 Å². The Hall–Kier alpha value is -1.46. The molecule has 0 bridgehead atoms. The van der Waals surface area contributed by atoms with Gasteiger partial charge in [0, 0.05) is 25.2 Å². The quantitative estimate of drug-likeness (QED) is 0.823. The molecule has 1 aliphatic carbocycles. The second kappa shape index (κ2) is 7.20. The van der Waals surface area contributed by atoms with Gasteiger partial charge in [-0.3, -0.25) is 0 Å². The monoisotopic (exact) mass is 311 g/mol. The maximum Gasteiger partial charge on any atom is 0.407 e. The van der Waals surface area contributed by atoms with Gasteiger partial charge in [0.1, 0.15) is 5.60 Å². The van der Waals surface area contributed by atoms with E-state index < -0.39 is 5.60 Å². The normalized spacial score (nSPS) is 20.8. The molecule has 0 radical (unpaired) electrons. The summed E-state index contributed by atoms with van der Waals surface area (Å²) in [6.45, 7) is 6.91. The van der Waals surface area contributed by atoms with Crippen molar-refractivity contribution in [1.82, 2.24) is 15.5 Å².